The van der Waals surface area contributed by atoms with Gasteiger partial charge in [-0.05, 0) is 31.9 Å². The van der Waals surface area contributed by atoms with Gasteiger partial charge in [0, 0.05) is 29.7 Å². The zero-order valence-electron chi connectivity index (χ0n) is 11.1. The number of hydrogen-bond donors (Lipinski definition) is 2. The van der Waals surface area contributed by atoms with Crippen molar-refractivity contribution < 1.29 is 9.90 Å². The van der Waals surface area contributed by atoms with Crippen LogP contribution in [0, 0.1) is 0 Å². The number of thioether (sulfide) groups is 1. The molecule has 0 bridgehead atoms. The second-order valence-corrected chi connectivity index (χ2v) is 5.91. The Bertz CT molecular complexity index is 401. The number of aliphatic hydroxyl groups excluding tert-OH is 1. The summed E-state index contributed by atoms with van der Waals surface area (Å²) in [6.45, 7) is 2.12. The lowest BCUT2D eigenvalue weighted by Crippen LogP contribution is -2.32. The van der Waals surface area contributed by atoms with E-state index in [-0.39, 0.29) is 18.6 Å². The van der Waals surface area contributed by atoms with Crippen LogP contribution in [0.1, 0.15) is 26.2 Å². The van der Waals surface area contributed by atoms with Crippen molar-refractivity contribution in [3.63, 3.8) is 0 Å². The SMILES string of the molecule is CC(CCCO)NC(=O)CCSc1ccccc1Cl. The van der Waals surface area contributed by atoms with Gasteiger partial charge in [-0.3, -0.25) is 4.79 Å². The van der Waals surface area contributed by atoms with Crippen molar-refractivity contribution in [2.45, 2.75) is 37.1 Å². The van der Waals surface area contributed by atoms with Crippen molar-refractivity contribution >= 4 is 29.3 Å². The number of rotatable bonds is 8. The maximum atomic E-state index is 11.7. The average molecular weight is 302 g/mol. The minimum Gasteiger partial charge on any atom is -0.396 e. The van der Waals surface area contributed by atoms with Gasteiger partial charge >= 0.3 is 0 Å². The molecule has 0 aromatic heterocycles. The van der Waals surface area contributed by atoms with Crippen LogP contribution in [0.5, 0.6) is 0 Å². The maximum Gasteiger partial charge on any atom is 0.221 e. The number of benzene rings is 1. The molecule has 1 atom stereocenters. The number of carbonyl (C=O) groups excluding carboxylic acids is 1. The highest BCUT2D eigenvalue weighted by Gasteiger charge is 2.07. The lowest BCUT2D eigenvalue weighted by Gasteiger charge is -2.13. The highest BCUT2D eigenvalue weighted by atomic mass is 35.5. The fraction of sp³-hybridized carbons (Fsp3) is 0.500. The number of halogens is 1. The van der Waals surface area contributed by atoms with E-state index in [2.05, 4.69) is 5.32 Å². The molecule has 1 amide bonds. The van der Waals surface area contributed by atoms with Crippen LogP contribution in [0.2, 0.25) is 5.02 Å². The molecule has 0 saturated heterocycles. The summed E-state index contributed by atoms with van der Waals surface area (Å²) < 4.78 is 0. The molecule has 0 aliphatic heterocycles. The molecule has 0 heterocycles. The Labute approximate surface area is 123 Å². The maximum absolute atomic E-state index is 11.7. The fourth-order valence-corrected chi connectivity index (χ4v) is 2.82. The molecule has 106 valence electrons. The Morgan fingerprint density at radius 2 is 2.21 bits per heavy atom. The van der Waals surface area contributed by atoms with Gasteiger partial charge in [0.1, 0.15) is 0 Å². The molecule has 0 fully saturated rings. The van der Waals surface area contributed by atoms with Gasteiger partial charge in [0.25, 0.3) is 0 Å². The zero-order chi connectivity index (χ0) is 14.1. The molecule has 19 heavy (non-hydrogen) atoms. The van der Waals surface area contributed by atoms with Crippen molar-refractivity contribution in [3.05, 3.63) is 29.3 Å². The molecule has 5 heteroatoms. The number of amides is 1. The van der Waals surface area contributed by atoms with E-state index in [1.165, 1.54) is 0 Å². The molecule has 1 unspecified atom stereocenters. The van der Waals surface area contributed by atoms with Crippen LogP contribution in [0.15, 0.2) is 29.2 Å². The first kappa shape index (κ1) is 16.3. The number of hydrogen-bond acceptors (Lipinski definition) is 3. The van der Waals surface area contributed by atoms with Crippen molar-refractivity contribution in [2.75, 3.05) is 12.4 Å². The minimum atomic E-state index is 0.0463. The van der Waals surface area contributed by atoms with Gasteiger partial charge in [-0.2, -0.15) is 0 Å². The second-order valence-electron chi connectivity index (χ2n) is 4.36. The summed E-state index contributed by atoms with van der Waals surface area (Å²) in [4.78, 5) is 12.7. The molecule has 2 N–H and O–H groups in total. The van der Waals surface area contributed by atoms with Gasteiger partial charge in [0.05, 0.1) is 5.02 Å². The second kappa shape index (κ2) is 9.23. The first-order valence-electron chi connectivity index (χ1n) is 6.41. The van der Waals surface area contributed by atoms with Gasteiger partial charge in [-0.1, -0.05) is 23.7 Å². The van der Waals surface area contributed by atoms with E-state index in [1.54, 1.807) is 11.8 Å². The Morgan fingerprint density at radius 3 is 2.89 bits per heavy atom. The Kier molecular flexibility index (Phi) is 7.94. The van der Waals surface area contributed by atoms with E-state index in [0.29, 0.717) is 12.2 Å². The van der Waals surface area contributed by atoms with E-state index in [0.717, 1.165) is 22.8 Å². The first-order chi connectivity index (χ1) is 9.13. The van der Waals surface area contributed by atoms with Gasteiger partial charge in [-0.25, -0.2) is 0 Å². The highest BCUT2D eigenvalue weighted by molar-refractivity contribution is 7.99. The van der Waals surface area contributed by atoms with Crippen LogP contribution in [-0.2, 0) is 4.79 Å². The summed E-state index contributed by atoms with van der Waals surface area (Å²) >= 11 is 7.62. The Balaban J connectivity index is 2.22. The number of nitrogens with one attached hydrogen (secondary N) is 1. The van der Waals surface area contributed by atoms with E-state index < -0.39 is 0 Å². The molecule has 0 saturated carbocycles. The van der Waals surface area contributed by atoms with E-state index in [9.17, 15) is 4.79 Å². The van der Waals surface area contributed by atoms with Crippen LogP contribution in [-0.4, -0.2) is 29.4 Å². The van der Waals surface area contributed by atoms with Crippen LogP contribution >= 0.6 is 23.4 Å². The van der Waals surface area contributed by atoms with Crippen molar-refractivity contribution in [1.82, 2.24) is 5.32 Å². The molecule has 0 aliphatic rings. The standard InChI is InChI=1S/C14H20ClNO2S/c1-11(5-4-9-17)16-14(18)8-10-19-13-7-3-2-6-12(13)15/h2-3,6-7,11,17H,4-5,8-10H2,1H3,(H,16,18). The Hall–Kier alpha value is -0.710. The third-order valence-electron chi connectivity index (χ3n) is 2.63. The topological polar surface area (TPSA) is 49.3 Å². The zero-order valence-corrected chi connectivity index (χ0v) is 12.6. The predicted molar refractivity (Wildman–Crippen MR) is 80.7 cm³/mol. The summed E-state index contributed by atoms with van der Waals surface area (Å²) in [5.74, 6) is 0.757. The monoisotopic (exact) mass is 301 g/mol. The van der Waals surface area contributed by atoms with Crippen LogP contribution < -0.4 is 5.32 Å². The van der Waals surface area contributed by atoms with Crippen molar-refractivity contribution in [3.8, 4) is 0 Å². The van der Waals surface area contributed by atoms with E-state index in [4.69, 9.17) is 16.7 Å². The normalized spacial score (nSPS) is 12.2. The number of carbonyl (C=O) groups is 1. The summed E-state index contributed by atoms with van der Waals surface area (Å²) in [7, 11) is 0. The molecular weight excluding hydrogens is 282 g/mol. The van der Waals surface area contributed by atoms with Crippen LogP contribution in [0.4, 0.5) is 0 Å². The van der Waals surface area contributed by atoms with Crippen molar-refractivity contribution in [1.29, 1.82) is 0 Å². The molecule has 3 nitrogen and oxygen atoms in total. The van der Waals surface area contributed by atoms with Gasteiger partial charge in [0.2, 0.25) is 5.91 Å². The van der Waals surface area contributed by atoms with Gasteiger partial charge in [0.15, 0.2) is 0 Å². The molecule has 0 spiro atoms. The van der Waals surface area contributed by atoms with Crippen molar-refractivity contribution in [2.24, 2.45) is 0 Å². The first-order valence-corrected chi connectivity index (χ1v) is 7.77. The van der Waals surface area contributed by atoms with Crippen LogP contribution in [0.25, 0.3) is 0 Å². The summed E-state index contributed by atoms with van der Waals surface area (Å²) in [6.07, 6.45) is 2.00. The fourth-order valence-electron chi connectivity index (χ4n) is 1.63. The lowest BCUT2D eigenvalue weighted by atomic mass is 10.2. The molecular formula is C14H20ClNO2S. The van der Waals surface area contributed by atoms with Gasteiger partial charge < -0.3 is 10.4 Å². The van der Waals surface area contributed by atoms with E-state index >= 15 is 0 Å². The predicted octanol–water partition coefficient (Wildman–Crippen LogP) is 3.10. The summed E-state index contributed by atoms with van der Waals surface area (Å²) in [6, 6.07) is 7.74. The van der Waals surface area contributed by atoms with E-state index in [1.807, 2.05) is 31.2 Å². The summed E-state index contributed by atoms with van der Waals surface area (Å²) in [5.41, 5.74) is 0. The highest BCUT2D eigenvalue weighted by Crippen LogP contribution is 2.26. The minimum absolute atomic E-state index is 0.0463. The molecule has 0 radical (unpaired) electrons. The number of aliphatic hydroxyl groups is 1. The van der Waals surface area contributed by atoms with Gasteiger partial charge in [-0.15, -0.1) is 11.8 Å². The third kappa shape index (κ3) is 6.85. The van der Waals surface area contributed by atoms with Crippen LogP contribution in [0.3, 0.4) is 0 Å². The smallest absolute Gasteiger partial charge is 0.221 e. The largest absolute Gasteiger partial charge is 0.396 e. The Morgan fingerprint density at radius 1 is 1.47 bits per heavy atom. The molecule has 1 rings (SSSR count). The quantitative estimate of drug-likeness (QED) is 0.725. The average Bonchev–Trinajstić information content (AvgIpc) is 2.38. The molecule has 1 aromatic rings. The summed E-state index contributed by atoms with van der Waals surface area (Å²) in [5, 5.41) is 12.4. The molecule has 0 aliphatic carbocycles. The lowest BCUT2D eigenvalue weighted by molar-refractivity contribution is -0.121. The third-order valence-corrected chi connectivity index (χ3v) is 4.14. The molecule has 1 aromatic carbocycles.